The summed E-state index contributed by atoms with van der Waals surface area (Å²) in [5.74, 6) is -0.0751. The summed E-state index contributed by atoms with van der Waals surface area (Å²) in [6, 6.07) is 2.99. The van der Waals surface area contributed by atoms with Crippen molar-refractivity contribution in [3.63, 3.8) is 0 Å². The van der Waals surface area contributed by atoms with Crippen molar-refractivity contribution in [2.75, 3.05) is 5.32 Å². The first-order chi connectivity index (χ1) is 8.08. The quantitative estimate of drug-likeness (QED) is 0.805. The maximum absolute atomic E-state index is 11.9. The third kappa shape index (κ3) is 2.85. The summed E-state index contributed by atoms with van der Waals surface area (Å²) < 4.78 is 0. The van der Waals surface area contributed by atoms with Crippen molar-refractivity contribution < 1.29 is 9.90 Å². The molecule has 0 heterocycles. The Kier molecular flexibility index (Phi) is 3.79. The smallest absolute Gasteiger partial charge is 0.227 e. The van der Waals surface area contributed by atoms with Gasteiger partial charge in [0.1, 0.15) is 0 Å². The summed E-state index contributed by atoms with van der Waals surface area (Å²) >= 11 is 11.6. The van der Waals surface area contributed by atoms with Crippen LogP contribution in [0.5, 0.6) is 5.75 Å². The van der Waals surface area contributed by atoms with E-state index in [1.54, 1.807) is 0 Å². The Morgan fingerprint density at radius 2 is 1.76 bits per heavy atom. The Labute approximate surface area is 110 Å². The molecule has 3 nitrogen and oxygen atoms in total. The van der Waals surface area contributed by atoms with E-state index in [2.05, 4.69) is 5.32 Å². The molecular weight excluding hydrogens is 261 g/mol. The van der Waals surface area contributed by atoms with Gasteiger partial charge in [0, 0.05) is 11.6 Å². The van der Waals surface area contributed by atoms with Crippen molar-refractivity contribution in [3.05, 3.63) is 22.2 Å². The number of rotatable bonds is 2. The Morgan fingerprint density at radius 3 is 2.29 bits per heavy atom. The number of amides is 1. The summed E-state index contributed by atoms with van der Waals surface area (Å²) in [4.78, 5) is 11.9. The molecule has 1 aliphatic rings. The predicted molar refractivity (Wildman–Crippen MR) is 68.7 cm³/mol. The van der Waals surface area contributed by atoms with E-state index < -0.39 is 0 Å². The fraction of sp³-hybridized carbons (Fsp3) is 0.417. The van der Waals surface area contributed by atoms with Gasteiger partial charge in [0.05, 0.1) is 10.0 Å². The Bertz CT molecular complexity index is 419. The number of hydrogen-bond acceptors (Lipinski definition) is 2. The zero-order chi connectivity index (χ0) is 12.4. The lowest BCUT2D eigenvalue weighted by molar-refractivity contribution is -0.119. The number of hydrogen-bond donors (Lipinski definition) is 2. The molecule has 92 valence electrons. The number of carbonyl (C=O) groups excluding carboxylic acids is 1. The van der Waals surface area contributed by atoms with E-state index >= 15 is 0 Å². The summed E-state index contributed by atoms with van der Waals surface area (Å²) in [5.41, 5.74) is 0.523. The Morgan fingerprint density at radius 1 is 1.24 bits per heavy atom. The van der Waals surface area contributed by atoms with Crippen LogP contribution in [0.15, 0.2) is 12.1 Å². The molecule has 1 aliphatic carbocycles. The van der Waals surface area contributed by atoms with Gasteiger partial charge in [0.2, 0.25) is 5.91 Å². The zero-order valence-corrected chi connectivity index (χ0v) is 10.7. The molecule has 0 aliphatic heterocycles. The second-order valence-electron chi connectivity index (χ2n) is 4.26. The molecule has 2 rings (SSSR count). The van der Waals surface area contributed by atoms with Gasteiger partial charge in [-0.15, -0.1) is 0 Å². The van der Waals surface area contributed by atoms with Gasteiger partial charge in [-0.1, -0.05) is 36.0 Å². The average molecular weight is 274 g/mol. The highest BCUT2D eigenvalue weighted by Gasteiger charge is 2.22. The van der Waals surface area contributed by atoms with Crippen LogP contribution in [0.1, 0.15) is 25.7 Å². The van der Waals surface area contributed by atoms with Gasteiger partial charge in [0.25, 0.3) is 0 Å². The minimum atomic E-state index is -0.160. The van der Waals surface area contributed by atoms with Crippen molar-refractivity contribution in [1.82, 2.24) is 0 Å². The van der Waals surface area contributed by atoms with E-state index in [1.807, 2.05) is 0 Å². The minimum Gasteiger partial charge on any atom is -0.505 e. The maximum atomic E-state index is 11.9. The lowest BCUT2D eigenvalue weighted by Gasteiger charge is -2.11. The van der Waals surface area contributed by atoms with Crippen LogP contribution in [0.25, 0.3) is 0 Å². The standard InChI is InChI=1S/C12H13Cl2NO2/c13-9-5-8(6-10(14)11(9)16)15-12(17)7-3-1-2-4-7/h5-7,16H,1-4H2,(H,15,17). The molecular formula is C12H13Cl2NO2. The number of phenols is 1. The highest BCUT2D eigenvalue weighted by molar-refractivity contribution is 6.37. The topological polar surface area (TPSA) is 49.3 Å². The predicted octanol–water partition coefficient (Wildman–Crippen LogP) is 3.83. The van der Waals surface area contributed by atoms with Crippen molar-refractivity contribution >= 4 is 34.8 Å². The van der Waals surface area contributed by atoms with Gasteiger partial charge in [-0.25, -0.2) is 0 Å². The van der Waals surface area contributed by atoms with Crippen LogP contribution in [-0.4, -0.2) is 11.0 Å². The van der Waals surface area contributed by atoms with Gasteiger partial charge in [-0.05, 0) is 25.0 Å². The van der Waals surface area contributed by atoms with Crippen molar-refractivity contribution in [1.29, 1.82) is 0 Å². The molecule has 0 saturated heterocycles. The van der Waals surface area contributed by atoms with Gasteiger partial charge in [0.15, 0.2) is 5.75 Å². The number of halogens is 2. The molecule has 1 fully saturated rings. The van der Waals surface area contributed by atoms with Crippen LogP contribution < -0.4 is 5.32 Å². The molecule has 1 aromatic rings. The number of carbonyl (C=O) groups is 1. The van der Waals surface area contributed by atoms with E-state index in [0.717, 1.165) is 25.7 Å². The van der Waals surface area contributed by atoms with Crippen molar-refractivity contribution in [3.8, 4) is 5.75 Å². The first-order valence-corrected chi connectivity index (χ1v) is 6.32. The SMILES string of the molecule is O=C(Nc1cc(Cl)c(O)c(Cl)c1)C1CCCC1. The molecule has 0 radical (unpaired) electrons. The average Bonchev–Trinajstić information content (AvgIpc) is 2.79. The van der Waals surface area contributed by atoms with Crippen LogP contribution >= 0.6 is 23.2 Å². The maximum Gasteiger partial charge on any atom is 0.227 e. The summed E-state index contributed by atoms with van der Waals surface area (Å²) in [6.45, 7) is 0. The van der Waals surface area contributed by atoms with Crippen LogP contribution in [0.4, 0.5) is 5.69 Å². The molecule has 0 aromatic heterocycles. The molecule has 0 spiro atoms. The lowest BCUT2D eigenvalue weighted by atomic mass is 10.1. The third-order valence-electron chi connectivity index (χ3n) is 3.01. The summed E-state index contributed by atoms with van der Waals surface area (Å²) in [5, 5.41) is 12.4. The lowest BCUT2D eigenvalue weighted by Crippen LogP contribution is -2.20. The molecule has 0 bridgehead atoms. The van der Waals surface area contributed by atoms with E-state index in [-0.39, 0.29) is 27.6 Å². The summed E-state index contributed by atoms with van der Waals surface area (Å²) in [7, 11) is 0. The molecule has 5 heteroatoms. The van der Waals surface area contributed by atoms with Gasteiger partial charge in [-0.2, -0.15) is 0 Å². The monoisotopic (exact) mass is 273 g/mol. The zero-order valence-electron chi connectivity index (χ0n) is 9.17. The molecule has 0 atom stereocenters. The molecule has 2 N–H and O–H groups in total. The van der Waals surface area contributed by atoms with Crippen molar-refractivity contribution in [2.24, 2.45) is 5.92 Å². The summed E-state index contributed by atoms with van der Waals surface area (Å²) in [6.07, 6.45) is 4.08. The first-order valence-electron chi connectivity index (χ1n) is 5.57. The van der Waals surface area contributed by atoms with E-state index in [0.29, 0.717) is 5.69 Å². The van der Waals surface area contributed by atoms with Crippen molar-refractivity contribution in [2.45, 2.75) is 25.7 Å². The van der Waals surface area contributed by atoms with Crippen LogP contribution in [0.2, 0.25) is 10.0 Å². The van der Waals surface area contributed by atoms with E-state index in [4.69, 9.17) is 23.2 Å². The van der Waals surface area contributed by atoms with Crippen LogP contribution in [-0.2, 0) is 4.79 Å². The molecule has 1 saturated carbocycles. The molecule has 1 amide bonds. The molecule has 1 aromatic carbocycles. The normalized spacial score (nSPS) is 16.1. The number of phenolic OH excluding ortho intramolecular Hbond substituents is 1. The number of anilines is 1. The fourth-order valence-electron chi connectivity index (χ4n) is 2.07. The molecule has 17 heavy (non-hydrogen) atoms. The fourth-order valence-corrected chi connectivity index (χ4v) is 2.56. The largest absolute Gasteiger partial charge is 0.505 e. The van der Waals surface area contributed by atoms with Crippen LogP contribution in [0, 0.1) is 5.92 Å². The number of nitrogens with one attached hydrogen (secondary N) is 1. The van der Waals surface area contributed by atoms with Crippen LogP contribution in [0.3, 0.4) is 0 Å². The highest BCUT2D eigenvalue weighted by Crippen LogP contribution is 2.35. The minimum absolute atomic E-state index is 0.000299. The highest BCUT2D eigenvalue weighted by atomic mass is 35.5. The van der Waals surface area contributed by atoms with Gasteiger partial charge >= 0.3 is 0 Å². The van der Waals surface area contributed by atoms with E-state index in [1.165, 1.54) is 12.1 Å². The Hall–Kier alpha value is -0.930. The second kappa shape index (κ2) is 5.15. The van der Waals surface area contributed by atoms with E-state index in [9.17, 15) is 9.90 Å². The first kappa shape index (κ1) is 12.5. The second-order valence-corrected chi connectivity index (χ2v) is 5.07. The number of aromatic hydroxyl groups is 1. The molecule has 0 unspecified atom stereocenters. The third-order valence-corrected chi connectivity index (χ3v) is 3.59. The van der Waals surface area contributed by atoms with Gasteiger partial charge in [-0.3, -0.25) is 4.79 Å². The number of benzene rings is 1. The van der Waals surface area contributed by atoms with Gasteiger partial charge < -0.3 is 10.4 Å². The Balaban J connectivity index is 2.10.